The van der Waals surface area contributed by atoms with Crippen LogP contribution in [-0.4, -0.2) is 56.3 Å². The molecule has 6 heteroatoms. The van der Waals surface area contributed by atoms with Gasteiger partial charge in [0.25, 0.3) is 0 Å². The van der Waals surface area contributed by atoms with Crippen LogP contribution in [0.15, 0.2) is 12.1 Å². The van der Waals surface area contributed by atoms with Crippen molar-refractivity contribution in [3.05, 3.63) is 17.7 Å². The molecule has 0 saturated carbocycles. The van der Waals surface area contributed by atoms with Crippen molar-refractivity contribution in [1.82, 2.24) is 10.2 Å². The Labute approximate surface area is 124 Å². The lowest BCUT2D eigenvalue weighted by Crippen LogP contribution is -2.46. The van der Waals surface area contributed by atoms with Crippen LogP contribution in [0.3, 0.4) is 0 Å². The van der Waals surface area contributed by atoms with Crippen LogP contribution in [-0.2, 0) is 11.2 Å². The maximum absolute atomic E-state index is 12.1. The third-order valence-corrected chi connectivity index (χ3v) is 3.64. The van der Waals surface area contributed by atoms with E-state index in [2.05, 4.69) is 5.32 Å². The molecular weight excluding hydrogens is 272 g/mol. The smallest absolute Gasteiger partial charge is 0.222 e. The van der Waals surface area contributed by atoms with Gasteiger partial charge in [-0.15, -0.1) is 0 Å². The van der Waals surface area contributed by atoms with E-state index >= 15 is 0 Å². The van der Waals surface area contributed by atoms with E-state index in [1.54, 1.807) is 12.1 Å². The molecule has 1 fully saturated rings. The number of hydrogen-bond acceptors (Lipinski definition) is 5. The van der Waals surface area contributed by atoms with Crippen molar-refractivity contribution in [2.45, 2.75) is 12.8 Å². The predicted octanol–water partition coefficient (Wildman–Crippen LogP) is 0.774. The van der Waals surface area contributed by atoms with Crippen molar-refractivity contribution in [1.29, 1.82) is 0 Å². The molecule has 1 aromatic rings. The lowest BCUT2D eigenvalue weighted by molar-refractivity contribution is -0.131. The standard InChI is InChI=1S/C15H22N2O4/c1-20-12-9-11(10-13(21-2)15(12)19)3-4-14(18)17-7-5-16-6-8-17/h9-10,16,19H,3-8H2,1-2H3. The first-order valence-electron chi connectivity index (χ1n) is 7.08. The molecule has 1 amide bonds. The number of methoxy groups -OCH3 is 2. The summed E-state index contributed by atoms with van der Waals surface area (Å²) in [4.78, 5) is 14.0. The van der Waals surface area contributed by atoms with Crippen LogP contribution < -0.4 is 14.8 Å². The number of carbonyl (C=O) groups excluding carboxylic acids is 1. The van der Waals surface area contributed by atoms with E-state index in [4.69, 9.17) is 9.47 Å². The highest BCUT2D eigenvalue weighted by Crippen LogP contribution is 2.37. The van der Waals surface area contributed by atoms with E-state index in [1.807, 2.05) is 4.90 Å². The minimum absolute atomic E-state index is 0.0165. The van der Waals surface area contributed by atoms with Crippen molar-refractivity contribution in [3.63, 3.8) is 0 Å². The number of carbonyl (C=O) groups is 1. The minimum Gasteiger partial charge on any atom is -0.502 e. The Balaban J connectivity index is 2.00. The lowest BCUT2D eigenvalue weighted by Gasteiger charge is -2.27. The van der Waals surface area contributed by atoms with Gasteiger partial charge in [0.1, 0.15) is 0 Å². The second-order valence-electron chi connectivity index (χ2n) is 4.98. The lowest BCUT2D eigenvalue weighted by atomic mass is 10.1. The Kier molecular flexibility index (Phi) is 5.27. The number of benzene rings is 1. The van der Waals surface area contributed by atoms with E-state index in [0.29, 0.717) is 24.3 Å². The third kappa shape index (κ3) is 3.78. The monoisotopic (exact) mass is 294 g/mol. The van der Waals surface area contributed by atoms with Crippen molar-refractivity contribution in [3.8, 4) is 17.2 Å². The Morgan fingerprint density at radius 1 is 1.24 bits per heavy atom. The molecule has 6 nitrogen and oxygen atoms in total. The van der Waals surface area contributed by atoms with Crippen LogP contribution >= 0.6 is 0 Å². The number of nitrogens with zero attached hydrogens (tertiary/aromatic N) is 1. The average molecular weight is 294 g/mol. The Morgan fingerprint density at radius 2 is 1.81 bits per heavy atom. The van der Waals surface area contributed by atoms with E-state index in [1.165, 1.54) is 14.2 Å². The topological polar surface area (TPSA) is 71.0 Å². The fourth-order valence-electron chi connectivity index (χ4n) is 2.42. The molecule has 0 aromatic heterocycles. The molecule has 1 saturated heterocycles. The normalized spacial score (nSPS) is 14.9. The van der Waals surface area contributed by atoms with Gasteiger partial charge >= 0.3 is 0 Å². The zero-order chi connectivity index (χ0) is 15.2. The van der Waals surface area contributed by atoms with E-state index in [-0.39, 0.29) is 11.7 Å². The molecule has 0 bridgehead atoms. The van der Waals surface area contributed by atoms with Crippen molar-refractivity contribution in [2.75, 3.05) is 40.4 Å². The number of ether oxygens (including phenoxy) is 2. The van der Waals surface area contributed by atoms with Gasteiger partial charge in [0.15, 0.2) is 11.5 Å². The van der Waals surface area contributed by atoms with Gasteiger partial charge in [-0.05, 0) is 24.1 Å². The molecule has 1 aliphatic rings. The van der Waals surface area contributed by atoms with Crippen LogP contribution in [0.4, 0.5) is 0 Å². The molecule has 1 heterocycles. The van der Waals surface area contributed by atoms with Crippen LogP contribution in [0.5, 0.6) is 17.2 Å². The number of aromatic hydroxyl groups is 1. The summed E-state index contributed by atoms with van der Waals surface area (Å²) in [5, 5.41) is 13.1. The number of aryl methyl sites for hydroxylation is 1. The molecular formula is C15H22N2O4. The Bertz CT molecular complexity index is 473. The summed E-state index contributed by atoms with van der Waals surface area (Å²) in [7, 11) is 2.98. The molecule has 116 valence electrons. The quantitative estimate of drug-likeness (QED) is 0.839. The number of rotatable bonds is 5. The summed E-state index contributed by atoms with van der Waals surface area (Å²) < 4.78 is 10.2. The fourth-order valence-corrected chi connectivity index (χ4v) is 2.42. The van der Waals surface area contributed by atoms with Crippen molar-refractivity contribution in [2.24, 2.45) is 0 Å². The first-order chi connectivity index (χ1) is 10.2. The Hall–Kier alpha value is -1.95. The average Bonchev–Trinajstić information content (AvgIpc) is 2.54. The highest BCUT2D eigenvalue weighted by molar-refractivity contribution is 5.76. The summed E-state index contributed by atoms with van der Waals surface area (Å²) in [5.74, 6) is 0.859. The van der Waals surface area contributed by atoms with Gasteiger partial charge in [0, 0.05) is 32.6 Å². The second kappa shape index (κ2) is 7.17. The van der Waals surface area contributed by atoms with Gasteiger partial charge in [-0.25, -0.2) is 0 Å². The van der Waals surface area contributed by atoms with Gasteiger partial charge in [-0.2, -0.15) is 0 Å². The number of hydrogen-bond donors (Lipinski definition) is 2. The maximum Gasteiger partial charge on any atom is 0.222 e. The first-order valence-corrected chi connectivity index (χ1v) is 7.08. The number of nitrogens with one attached hydrogen (secondary N) is 1. The summed E-state index contributed by atoms with van der Waals surface area (Å²) >= 11 is 0. The molecule has 0 spiro atoms. The fraction of sp³-hybridized carbons (Fsp3) is 0.533. The van der Waals surface area contributed by atoms with Crippen molar-refractivity contribution >= 4 is 5.91 Å². The van der Waals surface area contributed by atoms with Crippen LogP contribution in [0.1, 0.15) is 12.0 Å². The highest BCUT2D eigenvalue weighted by atomic mass is 16.5. The number of phenols is 1. The Morgan fingerprint density at radius 3 is 2.33 bits per heavy atom. The van der Waals surface area contributed by atoms with Crippen LogP contribution in [0.25, 0.3) is 0 Å². The second-order valence-corrected chi connectivity index (χ2v) is 4.98. The number of piperazine rings is 1. The van der Waals surface area contributed by atoms with Gasteiger partial charge in [0.05, 0.1) is 14.2 Å². The largest absolute Gasteiger partial charge is 0.502 e. The molecule has 0 aliphatic carbocycles. The molecule has 2 N–H and O–H groups in total. The van der Waals surface area contributed by atoms with E-state index in [0.717, 1.165) is 31.7 Å². The van der Waals surface area contributed by atoms with Gasteiger partial charge in [0.2, 0.25) is 11.7 Å². The van der Waals surface area contributed by atoms with Gasteiger partial charge in [-0.1, -0.05) is 0 Å². The molecule has 1 aliphatic heterocycles. The van der Waals surface area contributed by atoms with E-state index in [9.17, 15) is 9.90 Å². The highest BCUT2D eigenvalue weighted by Gasteiger charge is 2.17. The molecule has 21 heavy (non-hydrogen) atoms. The summed E-state index contributed by atoms with van der Waals surface area (Å²) in [5.41, 5.74) is 0.907. The summed E-state index contributed by atoms with van der Waals surface area (Å²) in [6.07, 6.45) is 1.03. The maximum atomic E-state index is 12.1. The zero-order valence-electron chi connectivity index (χ0n) is 12.5. The summed E-state index contributed by atoms with van der Waals surface area (Å²) in [6, 6.07) is 3.48. The SMILES string of the molecule is COc1cc(CCC(=O)N2CCNCC2)cc(OC)c1O. The minimum atomic E-state index is -0.0165. The van der Waals surface area contributed by atoms with Crippen LogP contribution in [0.2, 0.25) is 0 Å². The zero-order valence-corrected chi connectivity index (χ0v) is 12.5. The molecule has 0 unspecified atom stereocenters. The molecule has 0 radical (unpaired) electrons. The number of amides is 1. The van der Waals surface area contributed by atoms with Crippen molar-refractivity contribution < 1.29 is 19.4 Å². The number of phenolic OH excluding ortho intramolecular Hbond substituents is 1. The predicted molar refractivity (Wildman–Crippen MR) is 79.0 cm³/mol. The molecule has 1 aromatic carbocycles. The van der Waals surface area contributed by atoms with Crippen LogP contribution in [0, 0.1) is 0 Å². The van der Waals surface area contributed by atoms with Gasteiger partial charge < -0.3 is 24.8 Å². The third-order valence-electron chi connectivity index (χ3n) is 3.64. The first kappa shape index (κ1) is 15.4. The van der Waals surface area contributed by atoms with E-state index < -0.39 is 0 Å². The van der Waals surface area contributed by atoms with Gasteiger partial charge in [-0.3, -0.25) is 4.79 Å². The molecule has 0 atom stereocenters. The summed E-state index contributed by atoms with van der Waals surface area (Å²) in [6.45, 7) is 3.24. The molecule has 2 rings (SSSR count).